The van der Waals surface area contributed by atoms with Gasteiger partial charge in [-0.3, -0.25) is 0 Å². The summed E-state index contributed by atoms with van der Waals surface area (Å²) in [6.07, 6.45) is 5.01. The van der Waals surface area contributed by atoms with Gasteiger partial charge >= 0.3 is 0 Å². The van der Waals surface area contributed by atoms with Gasteiger partial charge in [0.15, 0.2) is 0 Å². The average Bonchev–Trinajstić information content (AvgIpc) is 2.33. The van der Waals surface area contributed by atoms with Crippen molar-refractivity contribution in [3.8, 4) is 0 Å². The Morgan fingerprint density at radius 3 is 2.53 bits per heavy atom. The first-order valence-electron chi connectivity index (χ1n) is 5.10. The van der Waals surface area contributed by atoms with Crippen LogP contribution in [-0.4, -0.2) is 9.97 Å². The first-order chi connectivity index (χ1) is 8.16. The number of hydrogen-bond acceptors (Lipinski definition) is 3. The predicted molar refractivity (Wildman–Crippen MR) is 70.6 cm³/mol. The normalized spacial score (nSPS) is 10.3. The number of rotatable bonds is 3. The van der Waals surface area contributed by atoms with E-state index in [4.69, 9.17) is 23.2 Å². The summed E-state index contributed by atoms with van der Waals surface area (Å²) in [5.41, 5.74) is 2.76. The van der Waals surface area contributed by atoms with Crippen molar-refractivity contribution in [2.45, 2.75) is 13.5 Å². The van der Waals surface area contributed by atoms with Gasteiger partial charge in [-0.1, -0.05) is 23.2 Å². The van der Waals surface area contributed by atoms with E-state index in [9.17, 15) is 0 Å². The molecular weight excluding hydrogens is 257 g/mol. The molecule has 2 rings (SSSR count). The Labute approximate surface area is 110 Å². The van der Waals surface area contributed by atoms with Gasteiger partial charge in [0, 0.05) is 29.5 Å². The molecule has 0 radical (unpaired) electrons. The van der Waals surface area contributed by atoms with E-state index >= 15 is 0 Å². The van der Waals surface area contributed by atoms with Crippen molar-refractivity contribution < 1.29 is 0 Å². The zero-order chi connectivity index (χ0) is 12.3. The van der Waals surface area contributed by atoms with Crippen molar-refractivity contribution in [2.75, 3.05) is 5.32 Å². The number of anilines is 1. The van der Waals surface area contributed by atoms with E-state index in [1.165, 1.54) is 6.33 Å². The molecule has 17 heavy (non-hydrogen) atoms. The molecule has 0 amide bonds. The summed E-state index contributed by atoms with van der Waals surface area (Å²) in [5, 5.41) is 4.55. The largest absolute Gasteiger partial charge is 0.380 e. The minimum Gasteiger partial charge on any atom is -0.380 e. The number of nitrogens with zero attached hydrogens (tertiary/aromatic N) is 2. The second kappa shape index (κ2) is 5.34. The van der Waals surface area contributed by atoms with Gasteiger partial charge in [0.05, 0.1) is 10.7 Å². The Kier molecular flexibility index (Phi) is 3.82. The molecular formula is C12H11Cl2N3. The topological polar surface area (TPSA) is 37.8 Å². The fourth-order valence-corrected chi connectivity index (χ4v) is 1.85. The Balaban J connectivity index is 2.12. The van der Waals surface area contributed by atoms with Crippen molar-refractivity contribution in [3.05, 3.63) is 52.0 Å². The third-order valence-corrected chi connectivity index (χ3v) is 3.07. The van der Waals surface area contributed by atoms with Crippen LogP contribution < -0.4 is 5.32 Å². The summed E-state index contributed by atoms with van der Waals surface area (Å²) in [6, 6.07) is 3.66. The van der Waals surface area contributed by atoms with Crippen LogP contribution in [0.25, 0.3) is 0 Å². The molecule has 0 atom stereocenters. The summed E-state index contributed by atoms with van der Waals surface area (Å²) >= 11 is 12.2. The number of halogens is 2. The lowest BCUT2D eigenvalue weighted by Gasteiger charge is -2.10. The minimum atomic E-state index is 0.611. The molecule has 0 spiro atoms. The lowest BCUT2D eigenvalue weighted by atomic mass is 10.2. The number of aryl methyl sites for hydroxylation is 1. The second-order valence-corrected chi connectivity index (χ2v) is 4.50. The highest BCUT2D eigenvalue weighted by atomic mass is 35.5. The molecule has 0 bridgehead atoms. The third-order valence-electron chi connectivity index (χ3n) is 2.35. The zero-order valence-electron chi connectivity index (χ0n) is 9.24. The van der Waals surface area contributed by atoms with Crippen LogP contribution in [0.1, 0.15) is 11.1 Å². The van der Waals surface area contributed by atoms with Gasteiger partial charge in [-0.15, -0.1) is 0 Å². The van der Waals surface area contributed by atoms with E-state index in [0.29, 0.717) is 16.6 Å². The van der Waals surface area contributed by atoms with Crippen molar-refractivity contribution in [3.63, 3.8) is 0 Å². The predicted octanol–water partition coefficient (Wildman–Crippen LogP) is 3.70. The summed E-state index contributed by atoms with van der Waals surface area (Å²) in [7, 11) is 0. The van der Waals surface area contributed by atoms with E-state index in [0.717, 1.165) is 16.8 Å². The van der Waals surface area contributed by atoms with Crippen molar-refractivity contribution in [1.82, 2.24) is 9.97 Å². The highest BCUT2D eigenvalue weighted by Gasteiger charge is 2.04. The van der Waals surface area contributed by atoms with Gasteiger partial charge < -0.3 is 5.32 Å². The molecule has 0 fully saturated rings. The quantitative estimate of drug-likeness (QED) is 0.922. The summed E-state index contributed by atoms with van der Waals surface area (Å²) < 4.78 is 0. The van der Waals surface area contributed by atoms with E-state index < -0.39 is 0 Å². The van der Waals surface area contributed by atoms with Crippen LogP contribution in [0.4, 0.5) is 5.69 Å². The average molecular weight is 268 g/mol. The number of aromatic nitrogens is 2. The van der Waals surface area contributed by atoms with E-state index in [2.05, 4.69) is 15.3 Å². The van der Waals surface area contributed by atoms with Crippen molar-refractivity contribution in [1.29, 1.82) is 0 Å². The molecule has 0 aliphatic heterocycles. The van der Waals surface area contributed by atoms with Gasteiger partial charge in [0.25, 0.3) is 0 Å². The first kappa shape index (κ1) is 12.1. The Hall–Kier alpha value is -1.32. The molecule has 5 heteroatoms. The van der Waals surface area contributed by atoms with E-state index in [1.54, 1.807) is 12.4 Å². The summed E-state index contributed by atoms with van der Waals surface area (Å²) in [6.45, 7) is 2.53. The van der Waals surface area contributed by atoms with Crippen LogP contribution in [0, 0.1) is 6.92 Å². The lowest BCUT2D eigenvalue weighted by Crippen LogP contribution is -2.01. The van der Waals surface area contributed by atoms with Crippen LogP contribution >= 0.6 is 23.2 Å². The van der Waals surface area contributed by atoms with Crippen LogP contribution in [0.5, 0.6) is 0 Å². The fourth-order valence-electron chi connectivity index (χ4n) is 1.40. The SMILES string of the molecule is Cc1cc(Cl)c(NCc2cncnc2)cc1Cl. The highest BCUT2D eigenvalue weighted by Crippen LogP contribution is 2.28. The molecule has 88 valence electrons. The maximum Gasteiger partial charge on any atom is 0.115 e. The van der Waals surface area contributed by atoms with Gasteiger partial charge in [-0.2, -0.15) is 0 Å². The van der Waals surface area contributed by atoms with E-state index in [1.807, 2.05) is 19.1 Å². The maximum absolute atomic E-state index is 6.12. The molecule has 1 aromatic carbocycles. The number of hydrogen-bond donors (Lipinski definition) is 1. The monoisotopic (exact) mass is 267 g/mol. The molecule has 3 nitrogen and oxygen atoms in total. The van der Waals surface area contributed by atoms with Crippen LogP contribution in [0.15, 0.2) is 30.9 Å². The molecule has 0 saturated heterocycles. The van der Waals surface area contributed by atoms with Gasteiger partial charge in [0.1, 0.15) is 6.33 Å². The van der Waals surface area contributed by atoms with Gasteiger partial charge in [-0.05, 0) is 24.6 Å². The maximum atomic E-state index is 6.12. The van der Waals surface area contributed by atoms with Crippen molar-refractivity contribution >= 4 is 28.9 Å². The molecule has 1 aromatic heterocycles. The molecule has 1 N–H and O–H groups in total. The van der Waals surface area contributed by atoms with Gasteiger partial charge in [-0.25, -0.2) is 9.97 Å². The summed E-state index contributed by atoms with van der Waals surface area (Å²) in [4.78, 5) is 7.88. The first-order valence-corrected chi connectivity index (χ1v) is 5.86. The Morgan fingerprint density at radius 1 is 1.12 bits per heavy atom. The Bertz CT molecular complexity index is 515. The molecule has 0 aliphatic rings. The van der Waals surface area contributed by atoms with Crippen LogP contribution in [-0.2, 0) is 6.54 Å². The summed E-state index contributed by atoms with van der Waals surface area (Å²) in [5.74, 6) is 0. The highest BCUT2D eigenvalue weighted by molar-refractivity contribution is 6.35. The number of benzene rings is 1. The van der Waals surface area contributed by atoms with Crippen LogP contribution in [0.3, 0.4) is 0 Å². The standard InChI is InChI=1S/C12H11Cl2N3/c1-8-2-11(14)12(3-10(8)13)17-6-9-4-15-7-16-5-9/h2-5,7,17H,6H2,1H3. The van der Waals surface area contributed by atoms with Crippen molar-refractivity contribution in [2.24, 2.45) is 0 Å². The third kappa shape index (κ3) is 3.08. The molecule has 0 saturated carbocycles. The molecule has 0 aliphatic carbocycles. The van der Waals surface area contributed by atoms with Crippen LogP contribution in [0.2, 0.25) is 10.0 Å². The van der Waals surface area contributed by atoms with E-state index in [-0.39, 0.29) is 0 Å². The molecule has 0 unspecified atom stereocenters. The zero-order valence-corrected chi connectivity index (χ0v) is 10.8. The lowest BCUT2D eigenvalue weighted by molar-refractivity contribution is 1.05. The van der Waals surface area contributed by atoms with Gasteiger partial charge in [0.2, 0.25) is 0 Å². The molecule has 2 aromatic rings. The second-order valence-electron chi connectivity index (χ2n) is 3.68. The fraction of sp³-hybridized carbons (Fsp3) is 0.167. The number of nitrogens with one attached hydrogen (secondary N) is 1. The smallest absolute Gasteiger partial charge is 0.115 e. The minimum absolute atomic E-state index is 0.611. The molecule has 1 heterocycles. The Morgan fingerprint density at radius 2 is 1.82 bits per heavy atom.